The number of nitrogens with one attached hydrogen (secondary N) is 2. The van der Waals surface area contributed by atoms with Crippen LogP contribution in [-0.4, -0.2) is 27.8 Å². The lowest BCUT2D eigenvalue weighted by molar-refractivity contribution is 0.292. The lowest BCUT2D eigenvalue weighted by Gasteiger charge is -2.08. The van der Waals surface area contributed by atoms with E-state index in [9.17, 15) is 9.59 Å². The molecule has 0 spiro atoms. The minimum Gasteiger partial charge on any atom is -0.396 e. The normalized spacial score (nSPS) is 10.1. The molecule has 0 saturated carbocycles. The Balaban J connectivity index is 2.86. The van der Waals surface area contributed by atoms with Gasteiger partial charge >= 0.3 is 5.69 Å². The molecule has 6 nitrogen and oxygen atoms in total. The van der Waals surface area contributed by atoms with Crippen LogP contribution < -0.4 is 16.6 Å². The zero-order valence-corrected chi connectivity index (χ0v) is 7.91. The van der Waals surface area contributed by atoms with E-state index in [-0.39, 0.29) is 6.61 Å². The molecular weight excluding hydrogens is 186 g/mol. The zero-order chi connectivity index (χ0) is 10.6. The SMILES string of the molecule is Cn1c(NCCCO)cc(=O)[nH]c1=O. The standard InChI is InChI=1S/C8H13N3O3/c1-11-6(9-3-2-4-12)5-7(13)10-8(11)14/h5,9,12H,2-4H2,1H3,(H,10,13,14). The number of hydrogen-bond acceptors (Lipinski definition) is 4. The van der Waals surface area contributed by atoms with Gasteiger partial charge in [-0.1, -0.05) is 0 Å². The Labute approximate surface area is 80.2 Å². The van der Waals surface area contributed by atoms with Crippen LogP contribution in [0.15, 0.2) is 15.7 Å². The lowest BCUT2D eigenvalue weighted by atomic mass is 10.4. The van der Waals surface area contributed by atoms with Gasteiger partial charge < -0.3 is 10.4 Å². The molecule has 78 valence electrons. The average molecular weight is 199 g/mol. The van der Waals surface area contributed by atoms with Crippen molar-refractivity contribution in [1.82, 2.24) is 9.55 Å². The van der Waals surface area contributed by atoms with Crippen molar-refractivity contribution in [2.24, 2.45) is 7.05 Å². The van der Waals surface area contributed by atoms with Crippen LogP contribution in [0.25, 0.3) is 0 Å². The molecule has 0 aliphatic carbocycles. The third-order valence-corrected chi connectivity index (χ3v) is 1.80. The van der Waals surface area contributed by atoms with Crippen molar-refractivity contribution in [2.45, 2.75) is 6.42 Å². The van der Waals surface area contributed by atoms with Crippen molar-refractivity contribution in [2.75, 3.05) is 18.5 Å². The van der Waals surface area contributed by atoms with Crippen LogP contribution in [0.3, 0.4) is 0 Å². The fraction of sp³-hybridized carbons (Fsp3) is 0.500. The second-order valence-corrected chi connectivity index (χ2v) is 2.89. The topological polar surface area (TPSA) is 87.1 Å². The first-order valence-corrected chi connectivity index (χ1v) is 4.30. The van der Waals surface area contributed by atoms with Gasteiger partial charge in [-0.3, -0.25) is 14.3 Å². The van der Waals surface area contributed by atoms with Gasteiger partial charge in [0, 0.05) is 26.3 Å². The van der Waals surface area contributed by atoms with Crippen molar-refractivity contribution in [1.29, 1.82) is 0 Å². The van der Waals surface area contributed by atoms with Crippen molar-refractivity contribution in [3.8, 4) is 0 Å². The Hall–Kier alpha value is -1.56. The number of aliphatic hydroxyl groups is 1. The number of anilines is 1. The summed E-state index contributed by atoms with van der Waals surface area (Å²) < 4.78 is 1.30. The first-order valence-electron chi connectivity index (χ1n) is 4.30. The molecule has 0 amide bonds. The highest BCUT2D eigenvalue weighted by molar-refractivity contribution is 5.33. The minimum atomic E-state index is -0.455. The first-order chi connectivity index (χ1) is 6.65. The van der Waals surface area contributed by atoms with Gasteiger partial charge in [0.2, 0.25) is 0 Å². The maximum atomic E-state index is 11.1. The number of aliphatic hydroxyl groups excluding tert-OH is 1. The monoisotopic (exact) mass is 199 g/mol. The van der Waals surface area contributed by atoms with E-state index in [1.54, 1.807) is 7.05 Å². The molecule has 0 aliphatic rings. The fourth-order valence-electron chi connectivity index (χ4n) is 1.02. The highest BCUT2D eigenvalue weighted by atomic mass is 16.3. The van der Waals surface area contributed by atoms with Crippen LogP contribution in [0, 0.1) is 0 Å². The molecule has 0 atom stereocenters. The molecule has 14 heavy (non-hydrogen) atoms. The van der Waals surface area contributed by atoms with Crippen LogP contribution in [-0.2, 0) is 7.05 Å². The Morgan fingerprint density at radius 2 is 2.29 bits per heavy atom. The number of aromatic amines is 1. The van der Waals surface area contributed by atoms with Gasteiger partial charge in [0.1, 0.15) is 5.82 Å². The lowest BCUT2D eigenvalue weighted by Crippen LogP contribution is -2.29. The van der Waals surface area contributed by atoms with Gasteiger partial charge in [0.15, 0.2) is 0 Å². The smallest absolute Gasteiger partial charge is 0.329 e. The van der Waals surface area contributed by atoms with Crippen LogP contribution in [0.2, 0.25) is 0 Å². The summed E-state index contributed by atoms with van der Waals surface area (Å²) in [6, 6.07) is 1.30. The van der Waals surface area contributed by atoms with E-state index in [2.05, 4.69) is 10.3 Å². The van der Waals surface area contributed by atoms with Gasteiger partial charge in [0.25, 0.3) is 5.56 Å². The van der Waals surface area contributed by atoms with Crippen LogP contribution in [0.1, 0.15) is 6.42 Å². The van der Waals surface area contributed by atoms with E-state index in [0.29, 0.717) is 18.8 Å². The molecule has 0 aromatic carbocycles. The first kappa shape index (κ1) is 10.5. The number of rotatable bonds is 4. The van der Waals surface area contributed by atoms with Gasteiger partial charge in [-0.2, -0.15) is 0 Å². The molecule has 1 heterocycles. The summed E-state index contributed by atoms with van der Waals surface area (Å²) in [5, 5.41) is 11.4. The zero-order valence-electron chi connectivity index (χ0n) is 7.91. The van der Waals surface area contributed by atoms with E-state index in [4.69, 9.17) is 5.11 Å². The molecule has 1 aromatic rings. The minimum absolute atomic E-state index is 0.0735. The van der Waals surface area contributed by atoms with Gasteiger partial charge in [-0.25, -0.2) is 4.79 Å². The van der Waals surface area contributed by atoms with E-state index in [1.165, 1.54) is 10.6 Å². The Bertz CT molecular complexity index is 407. The maximum absolute atomic E-state index is 11.1. The number of H-pyrrole nitrogens is 1. The van der Waals surface area contributed by atoms with E-state index >= 15 is 0 Å². The summed E-state index contributed by atoms with van der Waals surface area (Å²) in [5.41, 5.74) is -0.886. The predicted octanol–water partition coefficient (Wildman–Crippen LogP) is -1.13. The third kappa shape index (κ3) is 2.46. The predicted molar refractivity (Wildman–Crippen MR) is 52.5 cm³/mol. The molecule has 0 fully saturated rings. The summed E-state index contributed by atoms with van der Waals surface area (Å²) in [4.78, 5) is 24.2. The Kier molecular flexibility index (Phi) is 3.47. The van der Waals surface area contributed by atoms with Crippen LogP contribution in [0.4, 0.5) is 5.82 Å². The van der Waals surface area contributed by atoms with Crippen LogP contribution in [0.5, 0.6) is 0 Å². The summed E-state index contributed by atoms with van der Waals surface area (Å²) in [7, 11) is 1.56. The summed E-state index contributed by atoms with van der Waals surface area (Å²) in [5.74, 6) is 0.451. The maximum Gasteiger partial charge on any atom is 0.329 e. The van der Waals surface area contributed by atoms with E-state index in [0.717, 1.165) is 0 Å². The van der Waals surface area contributed by atoms with Gasteiger partial charge in [0.05, 0.1) is 0 Å². The highest BCUT2D eigenvalue weighted by Gasteiger charge is 2.00. The second-order valence-electron chi connectivity index (χ2n) is 2.89. The molecule has 0 radical (unpaired) electrons. The van der Waals surface area contributed by atoms with Crippen molar-refractivity contribution >= 4 is 5.82 Å². The summed E-state index contributed by atoms with van der Waals surface area (Å²) in [6.07, 6.45) is 0.570. The van der Waals surface area contributed by atoms with Gasteiger partial charge in [-0.05, 0) is 6.42 Å². The molecule has 3 N–H and O–H groups in total. The van der Waals surface area contributed by atoms with Crippen molar-refractivity contribution in [3.63, 3.8) is 0 Å². The average Bonchev–Trinajstić information content (AvgIpc) is 2.13. The summed E-state index contributed by atoms with van der Waals surface area (Å²) >= 11 is 0. The number of hydrogen-bond donors (Lipinski definition) is 3. The van der Waals surface area contributed by atoms with Crippen molar-refractivity contribution in [3.05, 3.63) is 26.9 Å². The molecule has 0 unspecified atom stereocenters. The van der Waals surface area contributed by atoms with E-state index in [1.807, 2.05) is 0 Å². The highest BCUT2D eigenvalue weighted by Crippen LogP contribution is 1.96. The van der Waals surface area contributed by atoms with Gasteiger partial charge in [-0.15, -0.1) is 0 Å². The molecule has 0 bridgehead atoms. The fourth-order valence-corrected chi connectivity index (χ4v) is 1.02. The molecule has 1 aromatic heterocycles. The number of aromatic nitrogens is 2. The Morgan fingerprint density at radius 3 is 2.93 bits per heavy atom. The molecule has 0 saturated heterocycles. The quantitative estimate of drug-likeness (QED) is 0.535. The van der Waals surface area contributed by atoms with Crippen LogP contribution >= 0.6 is 0 Å². The Morgan fingerprint density at radius 1 is 1.57 bits per heavy atom. The number of nitrogens with zero attached hydrogens (tertiary/aromatic N) is 1. The van der Waals surface area contributed by atoms with E-state index < -0.39 is 11.2 Å². The molecule has 0 aliphatic heterocycles. The summed E-state index contributed by atoms with van der Waals surface area (Å²) in [6.45, 7) is 0.595. The molecular formula is C8H13N3O3. The third-order valence-electron chi connectivity index (χ3n) is 1.80. The second kappa shape index (κ2) is 4.61. The van der Waals surface area contributed by atoms with Crippen molar-refractivity contribution < 1.29 is 5.11 Å². The molecule has 6 heteroatoms. The largest absolute Gasteiger partial charge is 0.396 e. The molecule has 1 rings (SSSR count).